The molecule has 0 unspecified atom stereocenters. The van der Waals surface area contributed by atoms with Crippen LogP contribution in [0.2, 0.25) is 5.02 Å². The SMILES string of the molecule is O=[N+]([O-])c1cc(-c2ccc(/C=N/Nc3nc(N4CCOCC4)nc(N4CCOCC4)n3)o2)ccc1Cl. The van der Waals surface area contributed by atoms with Gasteiger partial charge in [0.15, 0.2) is 0 Å². The molecule has 13 nitrogen and oxygen atoms in total. The number of benzene rings is 1. The molecular formula is C22H23ClN8O5. The molecule has 0 atom stereocenters. The molecule has 14 heteroatoms. The van der Waals surface area contributed by atoms with E-state index in [0.717, 1.165) is 0 Å². The molecule has 0 spiro atoms. The van der Waals surface area contributed by atoms with Crippen LogP contribution in [0.5, 0.6) is 0 Å². The van der Waals surface area contributed by atoms with Gasteiger partial charge in [-0.15, -0.1) is 0 Å². The number of nitrogens with zero attached hydrogens (tertiary/aromatic N) is 7. The fourth-order valence-corrected chi connectivity index (χ4v) is 3.94. The molecule has 5 rings (SSSR count). The van der Waals surface area contributed by atoms with E-state index in [-0.39, 0.29) is 10.7 Å². The van der Waals surface area contributed by atoms with Crippen molar-refractivity contribution < 1.29 is 18.8 Å². The maximum absolute atomic E-state index is 11.2. The Hall–Kier alpha value is -3.81. The molecule has 3 aromatic rings. The van der Waals surface area contributed by atoms with Gasteiger partial charge in [0.25, 0.3) is 5.69 Å². The second-order valence-corrected chi connectivity index (χ2v) is 8.36. The lowest BCUT2D eigenvalue weighted by atomic mass is 10.1. The highest BCUT2D eigenvalue weighted by Gasteiger charge is 2.21. The van der Waals surface area contributed by atoms with E-state index >= 15 is 0 Å². The Morgan fingerprint density at radius 3 is 2.22 bits per heavy atom. The number of anilines is 3. The van der Waals surface area contributed by atoms with Crippen molar-refractivity contribution in [2.24, 2.45) is 5.10 Å². The van der Waals surface area contributed by atoms with Crippen molar-refractivity contribution in [3.8, 4) is 11.3 Å². The first-order chi connectivity index (χ1) is 17.6. The van der Waals surface area contributed by atoms with Gasteiger partial charge in [-0.05, 0) is 24.3 Å². The van der Waals surface area contributed by atoms with Crippen molar-refractivity contribution in [2.45, 2.75) is 0 Å². The van der Waals surface area contributed by atoms with Crippen LogP contribution in [-0.4, -0.2) is 78.7 Å². The lowest BCUT2D eigenvalue weighted by Crippen LogP contribution is -2.40. The minimum Gasteiger partial charge on any atom is -0.455 e. The summed E-state index contributed by atoms with van der Waals surface area (Å²) in [7, 11) is 0. The van der Waals surface area contributed by atoms with Gasteiger partial charge < -0.3 is 23.7 Å². The Morgan fingerprint density at radius 1 is 0.972 bits per heavy atom. The Morgan fingerprint density at radius 2 is 1.61 bits per heavy atom. The van der Waals surface area contributed by atoms with E-state index < -0.39 is 4.92 Å². The van der Waals surface area contributed by atoms with Crippen LogP contribution in [0.15, 0.2) is 39.9 Å². The number of furan rings is 1. The van der Waals surface area contributed by atoms with E-state index in [0.29, 0.717) is 87.5 Å². The minimum atomic E-state index is -0.536. The molecule has 2 aliphatic heterocycles. The van der Waals surface area contributed by atoms with E-state index in [2.05, 4.69) is 25.5 Å². The molecule has 1 N–H and O–H groups in total. The van der Waals surface area contributed by atoms with Crippen LogP contribution in [0.3, 0.4) is 0 Å². The lowest BCUT2D eigenvalue weighted by Gasteiger charge is -2.30. The van der Waals surface area contributed by atoms with Gasteiger partial charge in [0.1, 0.15) is 16.5 Å². The fourth-order valence-electron chi connectivity index (χ4n) is 3.75. The molecule has 0 amide bonds. The van der Waals surface area contributed by atoms with E-state index in [1.165, 1.54) is 18.3 Å². The van der Waals surface area contributed by atoms with Gasteiger partial charge >= 0.3 is 0 Å². The molecule has 2 fully saturated rings. The number of morpholine rings is 2. The van der Waals surface area contributed by atoms with Crippen molar-refractivity contribution >= 4 is 41.3 Å². The van der Waals surface area contributed by atoms with Gasteiger partial charge in [0.05, 0.1) is 37.6 Å². The molecule has 0 radical (unpaired) electrons. The first-order valence-corrected chi connectivity index (χ1v) is 11.7. The third kappa shape index (κ3) is 5.53. The van der Waals surface area contributed by atoms with Crippen molar-refractivity contribution in [1.82, 2.24) is 15.0 Å². The van der Waals surface area contributed by atoms with Crippen LogP contribution < -0.4 is 15.2 Å². The predicted octanol–water partition coefficient (Wildman–Crippen LogP) is 2.81. The third-order valence-electron chi connectivity index (χ3n) is 5.61. The Labute approximate surface area is 210 Å². The number of nitrogens with one attached hydrogen (secondary N) is 1. The summed E-state index contributed by atoms with van der Waals surface area (Å²) in [5, 5.41) is 15.4. The zero-order valence-corrected chi connectivity index (χ0v) is 19.9. The molecule has 0 aliphatic carbocycles. The van der Waals surface area contributed by atoms with Crippen molar-refractivity contribution in [3.63, 3.8) is 0 Å². The third-order valence-corrected chi connectivity index (χ3v) is 5.93. The largest absolute Gasteiger partial charge is 0.455 e. The van der Waals surface area contributed by atoms with Crippen molar-refractivity contribution in [1.29, 1.82) is 0 Å². The van der Waals surface area contributed by atoms with Gasteiger partial charge in [0.2, 0.25) is 17.8 Å². The minimum absolute atomic E-state index is 0.0616. The van der Waals surface area contributed by atoms with Crippen molar-refractivity contribution in [3.05, 3.63) is 51.2 Å². The number of ether oxygens (including phenoxy) is 2. The second-order valence-electron chi connectivity index (χ2n) is 7.95. The number of hydrazone groups is 1. The van der Waals surface area contributed by atoms with E-state index in [1.54, 1.807) is 18.2 Å². The average Bonchev–Trinajstić information content (AvgIpc) is 3.38. The summed E-state index contributed by atoms with van der Waals surface area (Å²) >= 11 is 5.90. The summed E-state index contributed by atoms with van der Waals surface area (Å²) in [6.45, 7) is 5.18. The Kier molecular flexibility index (Phi) is 7.21. The summed E-state index contributed by atoms with van der Waals surface area (Å²) in [6, 6.07) is 7.88. The first-order valence-electron chi connectivity index (χ1n) is 11.3. The highest BCUT2D eigenvalue weighted by atomic mass is 35.5. The topological polar surface area (TPSA) is 144 Å². The summed E-state index contributed by atoms with van der Waals surface area (Å²) in [6.07, 6.45) is 1.47. The number of hydrogen-bond donors (Lipinski definition) is 1. The number of aromatic nitrogens is 3. The van der Waals surface area contributed by atoms with Gasteiger partial charge in [-0.1, -0.05) is 11.6 Å². The maximum Gasteiger partial charge on any atom is 0.288 e. The van der Waals surface area contributed by atoms with Crippen LogP contribution in [-0.2, 0) is 9.47 Å². The van der Waals surface area contributed by atoms with Gasteiger partial charge in [0, 0.05) is 37.8 Å². The van der Waals surface area contributed by atoms with Crippen LogP contribution in [0.4, 0.5) is 23.5 Å². The number of nitro groups is 1. The molecule has 36 heavy (non-hydrogen) atoms. The van der Waals surface area contributed by atoms with Crippen LogP contribution in [0.25, 0.3) is 11.3 Å². The standard InChI is InChI=1S/C22H23ClN8O5/c23-17-3-1-15(13-18(17)31(32)33)19-4-2-16(36-19)14-24-28-20-25-21(29-5-9-34-10-6-29)27-22(26-20)30-7-11-35-12-8-30/h1-4,13-14H,5-12H2,(H,25,26,27,28)/b24-14+. The van der Waals surface area contributed by atoms with E-state index in [1.807, 2.05) is 9.80 Å². The highest BCUT2D eigenvalue weighted by Crippen LogP contribution is 2.31. The number of nitro benzene ring substituents is 1. The normalized spacial score (nSPS) is 16.5. The van der Waals surface area contributed by atoms with Crippen LogP contribution in [0, 0.1) is 10.1 Å². The maximum atomic E-state index is 11.2. The average molecular weight is 515 g/mol. The smallest absolute Gasteiger partial charge is 0.288 e. The second kappa shape index (κ2) is 10.8. The lowest BCUT2D eigenvalue weighted by molar-refractivity contribution is -0.384. The molecular weight excluding hydrogens is 492 g/mol. The monoisotopic (exact) mass is 514 g/mol. The molecule has 1 aromatic carbocycles. The predicted molar refractivity (Wildman–Crippen MR) is 133 cm³/mol. The quantitative estimate of drug-likeness (QED) is 0.282. The molecule has 2 saturated heterocycles. The molecule has 0 bridgehead atoms. The number of hydrogen-bond acceptors (Lipinski definition) is 12. The Balaban J connectivity index is 1.33. The molecule has 188 valence electrons. The molecule has 4 heterocycles. The van der Waals surface area contributed by atoms with E-state index in [9.17, 15) is 10.1 Å². The number of halogens is 1. The number of rotatable bonds is 7. The van der Waals surface area contributed by atoms with E-state index in [4.69, 9.17) is 25.5 Å². The first kappa shape index (κ1) is 23.9. The van der Waals surface area contributed by atoms with Crippen LogP contribution >= 0.6 is 11.6 Å². The summed E-state index contributed by atoms with van der Waals surface area (Å²) < 4.78 is 16.6. The Bertz CT molecular complexity index is 1220. The molecule has 2 aromatic heterocycles. The summed E-state index contributed by atoms with van der Waals surface area (Å²) in [4.78, 5) is 28.4. The fraction of sp³-hybridized carbons (Fsp3) is 0.364. The zero-order chi connectivity index (χ0) is 24.9. The van der Waals surface area contributed by atoms with Crippen LogP contribution in [0.1, 0.15) is 5.76 Å². The van der Waals surface area contributed by atoms with Gasteiger partial charge in [-0.2, -0.15) is 20.1 Å². The zero-order valence-electron chi connectivity index (χ0n) is 19.2. The highest BCUT2D eigenvalue weighted by molar-refractivity contribution is 6.32. The summed E-state index contributed by atoms with van der Waals surface area (Å²) in [5.74, 6) is 2.28. The van der Waals surface area contributed by atoms with Gasteiger partial charge in [-0.25, -0.2) is 5.43 Å². The van der Waals surface area contributed by atoms with Gasteiger partial charge in [-0.3, -0.25) is 10.1 Å². The van der Waals surface area contributed by atoms with Crippen molar-refractivity contribution in [2.75, 3.05) is 67.8 Å². The summed E-state index contributed by atoms with van der Waals surface area (Å²) in [5.41, 5.74) is 3.20. The molecule has 0 saturated carbocycles. The molecule has 2 aliphatic rings.